The summed E-state index contributed by atoms with van der Waals surface area (Å²) in [7, 11) is 0. The third-order valence-corrected chi connectivity index (χ3v) is 9.05. The van der Waals surface area contributed by atoms with Crippen LogP contribution in [0.2, 0.25) is 0 Å². The Morgan fingerprint density at radius 1 is 0.492 bits per heavy atom. The van der Waals surface area contributed by atoms with Crippen LogP contribution in [0.25, 0.3) is 0 Å². The normalized spacial score (nSPS) is 13.9. The van der Waals surface area contributed by atoms with Gasteiger partial charge in [0.05, 0.1) is 12.6 Å². The van der Waals surface area contributed by atoms with E-state index in [4.69, 9.17) is 51.0 Å². The number of nitrogens with two attached hydrogens (primary N) is 8. The van der Waals surface area contributed by atoms with Crippen molar-refractivity contribution in [3.8, 4) is 0 Å². The molecule has 24 N–H and O–H groups in total. The Hall–Kier alpha value is -7.00. The molecule has 7 unspecified atom stereocenters. The van der Waals surface area contributed by atoms with Gasteiger partial charge in [-0.15, -0.1) is 0 Å². The van der Waals surface area contributed by atoms with Crippen molar-refractivity contribution in [1.29, 1.82) is 0 Å². The van der Waals surface area contributed by atoms with Crippen LogP contribution in [0.1, 0.15) is 85.5 Å². The van der Waals surface area contributed by atoms with Crippen molar-refractivity contribution in [2.75, 3.05) is 26.2 Å². The van der Waals surface area contributed by atoms with Crippen molar-refractivity contribution >= 4 is 71.1 Å². The molecule has 65 heavy (non-hydrogen) atoms. The van der Waals surface area contributed by atoms with Gasteiger partial charge in [-0.1, -0.05) is 13.8 Å². The molecule has 0 aromatic rings. The summed E-state index contributed by atoms with van der Waals surface area (Å²) in [5.41, 5.74) is 43.5. The number of amides is 8. The van der Waals surface area contributed by atoms with E-state index in [2.05, 4.69) is 52.2 Å². The lowest BCUT2D eigenvalue weighted by Crippen LogP contribution is -2.58. The monoisotopic (exact) mass is 927 g/mol. The first-order valence-corrected chi connectivity index (χ1v) is 20.9. The highest BCUT2D eigenvalue weighted by Crippen LogP contribution is 2.08. The number of carboxylic acids is 1. The second-order valence-corrected chi connectivity index (χ2v) is 15.4. The molecule has 0 aromatic heterocycles. The molecule has 0 aliphatic carbocycles. The Kier molecular flexibility index (Phi) is 27.6. The molecule has 0 rings (SSSR count). The standard InChI is InChI=1S/C37H70N18O10/c1-18(2)16-25(28(39)59)55-34(65)24(10-7-15-48-37(44)45)53-30(61)20(4)51-33(64)23(9-6-14-47-36(42)43)52-29(60)19(3)50-26(56)17-49-32(63)22(8-5-13-46-35(40)41)54-31(62)21(38)11-12-27(57)58/h18-25H,5-17,38H2,1-4H3,(H2,39,59)(H,49,63)(H,50,56)(H,51,64)(H,52,60)(H,53,61)(H,54,62)(H,55,65)(H,57,58)(H4,40,41,46)(H4,42,43,47)(H4,44,45,48). The summed E-state index contributed by atoms with van der Waals surface area (Å²) in [6, 6.07) is -8.58. The van der Waals surface area contributed by atoms with Crippen molar-refractivity contribution < 1.29 is 48.3 Å². The van der Waals surface area contributed by atoms with Crippen molar-refractivity contribution in [2.45, 2.75) is 128 Å². The fraction of sp³-hybridized carbons (Fsp3) is 0.676. The molecule has 0 radical (unpaired) electrons. The molecule has 28 nitrogen and oxygen atoms in total. The van der Waals surface area contributed by atoms with Gasteiger partial charge in [0.25, 0.3) is 0 Å². The topological polar surface area (TPSA) is 503 Å². The summed E-state index contributed by atoms with van der Waals surface area (Å²) in [6.45, 7) is 5.90. The number of carboxylic acid groups (broad SMARTS) is 1. The molecule has 0 fully saturated rings. The van der Waals surface area contributed by atoms with E-state index in [0.717, 1.165) is 0 Å². The second-order valence-electron chi connectivity index (χ2n) is 15.4. The number of nitrogens with zero attached hydrogens (tertiary/aromatic N) is 3. The summed E-state index contributed by atoms with van der Waals surface area (Å²) < 4.78 is 0. The summed E-state index contributed by atoms with van der Waals surface area (Å²) in [5.74, 6) is -8.20. The number of guanidine groups is 3. The first-order valence-electron chi connectivity index (χ1n) is 20.9. The number of hydrogen-bond acceptors (Lipinski definition) is 13. The van der Waals surface area contributed by atoms with Gasteiger partial charge < -0.3 is 88.2 Å². The molecule has 0 aliphatic heterocycles. The van der Waals surface area contributed by atoms with Gasteiger partial charge in [-0.05, 0) is 71.1 Å². The number of hydrogen-bond donors (Lipinski definition) is 16. The Balaban J connectivity index is 5.88. The van der Waals surface area contributed by atoms with E-state index >= 15 is 0 Å². The number of carbonyl (C=O) groups is 9. The fourth-order valence-electron chi connectivity index (χ4n) is 5.62. The van der Waals surface area contributed by atoms with Crippen LogP contribution in [0, 0.1) is 5.92 Å². The fourth-order valence-corrected chi connectivity index (χ4v) is 5.62. The van der Waals surface area contributed by atoms with Gasteiger partial charge in [-0.25, -0.2) is 0 Å². The number of aliphatic imine (C=N–C) groups is 3. The minimum Gasteiger partial charge on any atom is -0.481 e. The quantitative estimate of drug-likeness (QED) is 0.0169. The van der Waals surface area contributed by atoms with Gasteiger partial charge >= 0.3 is 5.97 Å². The molecule has 7 atom stereocenters. The first-order chi connectivity index (χ1) is 30.3. The van der Waals surface area contributed by atoms with Crippen molar-refractivity contribution in [1.82, 2.24) is 37.2 Å². The van der Waals surface area contributed by atoms with Crippen LogP contribution in [-0.4, -0.2) is 145 Å². The van der Waals surface area contributed by atoms with Crippen molar-refractivity contribution in [2.24, 2.45) is 66.8 Å². The van der Waals surface area contributed by atoms with Crippen LogP contribution in [0.15, 0.2) is 15.0 Å². The van der Waals surface area contributed by atoms with Crippen LogP contribution < -0.4 is 83.1 Å². The molecule has 0 spiro atoms. The highest BCUT2D eigenvalue weighted by molar-refractivity contribution is 5.97. The van der Waals surface area contributed by atoms with Gasteiger partial charge in [0.15, 0.2) is 17.9 Å². The highest BCUT2D eigenvalue weighted by atomic mass is 16.4. The maximum absolute atomic E-state index is 13.6. The minimum atomic E-state index is -1.30. The van der Waals surface area contributed by atoms with E-state index < -0.39 is 108 Å². The Morgan fingerprint density at radius 3 is 1.28 bits per heavy atom. The maximum atomic E-state index is 13.6. The predicted octanol–water partition coefficient (Wildman–Crippen LogP) is -7.06. The molecule has 368 valence electrons. The molecule has 0 bridgehead atoms. The van der Waals surface area contributed by atoms with Crippen molar-refractivity contribution in [3.05, 3.63) is 0 Å². The Morgan fingerprint density at radius 2 is 0.877 bits per heavy atom. The van der Waals surface area contributed by atoms with E-state index in [1.807, 2.05) is 13.8 Å². The largest absolute Gasteiger partial charge is 0.481 e. The predicted molar refractivity (Wildman–Crippen MR) is 239 cm³/mol. The maximum Gasteiger partial charge on any atom is 0.303 e. The van der Waals surface area contributed by atoms with Gasteiger partial charge in [-0.3, -0.25) is 58.1 Å². The van der Waals surface area contributed by atoms with Crippen LogP contribution in [0.5, 0.6) is 0 Å². The molecule has 0 heterocycles. The molecule has 8 amide bonds. The number of aliphatic carboxylic acids is 1. The molecule has 0 saturated heterocycles. The summed E-state index contributed by atoms with van der Waals surface area (Å²) in [5, 5.41) is 26.2. The highest BCUT2D eigenvalue weighted by Gasteiger charge is 2.31. The number of carbonyl (C=O) groups excluding carboxylic acids is 8. The SMILES string of the molecule is CC(C)CC(NC(=O)C(CCCN=C(N)N)NC(=O)C(C)NC(=O)C(CCCN=C(N)N)NC(=O)C(C)NC(=O)CNC(=O)C(CCCN=C(N)N)NC(=O)C(N)CCC(=O)O)C(N)=O. The second kappa shape index (κ2) is 30.9. The number of rotatable bonds is 32. The third-order valence-electron chi connectivity index (χ3n) is 9.05. The zero-order valence-corrected chi connectivity index (χ0v) is 37.4. The van der Waals surface area contributed by atoms with Crippen LogP contribution >= 0.6 is 0 Å². The first kappa shape index (κ1) is 58.0. The van der Waals surface area contributed by atoms with E-state index in [0.29, 0.717) is 0 Å². The summed E-state index contributed by atoms with van der Waals surface area (Å²) in [6.07, 6.45) is 0.242. The zero-order valence-electron chi connectivity index (χ0n) is 37.4. The molecule has 0 aromatic carbocycles. The van der Waals surface area contributed by atoms with Crippen LogP contribution in [0.4, 0.5) is 0 Å². The van der Waals surface area contributed by atoms with E-state index in [1.165, 1.54) is 13.8 Å². The molecular formula is C37H70N18O10. The summed E-state index contributed by atoms with van der Waals surface area (Å²) in [4.78, 5) is 127. The van der Waals surface area contributed by atoms with E-state index in [1.54, 1.807) is 0 Å². The van der Waals surface area contributed by atoms with Crippen LogP contribution in [0.3, 0.4) is 0 Å². The average molecular weight is 927 g/mol. The van der Waals surface area contributed by atoms with Crippen molar-refractivity contribution in [3.63, 3.8) is 0 Å². The molecular weight excluding hydrogens is 857 g/mol. The molecule has 28 heteroatoms. The van der Waals surface area contributed by atoms with Gasteiger partial charge in [0.2, 0.25) is 47.3 Å². The van der Waals surface area contributed by atoms with Gasteiger partial charge in [0, 0.05) is 26.1 Å². The minimum absolute atomic E-state index is 0.000223. The van der Waals surface area contributed by atoms with Gasteiger partial charge in [0.1, 0.15) is 36.3 Å². The lowest BCUT2D eigenvalue weighted by atomic mass is 10.0. The molecule has 0 saturated carbocycles. The summed E-state index contributed by atoms with van der Waals surface area (Å²) >= 11 is 0. The Labute approximate surface area is 376 Å². The van der Waals surface area contributed by atoms with Gasteiger partial charge in [-0.2, -0.15) is 0 Å². The van der Waals surface area contributed by atoms with E-state index in [9.17, 15) is 43.2 Å². The third kappa shape index (κ3) is 26.9. The molecule has 0 aliphatic rings. The van der Waals surface area contributed by atoms with E-state index in [-0.39, 0.29) is 94.8 Å². The number of primary amides is 1. The number of nitrogens with one attached hydrogen (secondary N) is 7. The average Bonchev–Trinajstić information content (AvgIpc) is 3.20. The zero-order chi connectivity index (χ0) is 49.8. The van der Waals surface area contributed by atoms with Crippen LogP contribution in [-0.2, 0) is 43.2 Å². The Bertz CT molecular complexity index is 1710. The lowest BCUT2D eigenvalue weighted by Gasteiger charge is -2.25. The lowest BCUT2D eigenvalue weighted by molar-refractivity contribution is -0.137. The smallest absolute Gasteiger partial charge is 0.303 e.